The Bertz CT molecular complexity index is 1590. The van der Waals surface area contributed by atoms with E-state index in [0.717, 1.165) is 5.41 Å². The Hall–Kier alpha value is -3.54. The van der Waals surface area contributed by atoms with E-state index in [-0.39, 0.29) is 34.9 Å². The molecule has 208 valence electrons. The fraction of sp³-hybridized carbons (Fsp3) is 0.304. The molecule has 2 heterocycles. The number of anilines is 1. The average Bonchev–Trinajstić information content (AvgIpc) is 3.47. The molecule has 1 aliphatic rings. The lowest BCUT2D eigenvalue weighted by Crippen LogP contribution is -2.36. The number of nitrogens with one attached hydrogen (secondary N) is 1. The highest BCUT2D eigenvalue weighted by Gasteiger charge is 2.42. The van der Waals surface area contributed by atoms with E-state index in [2.05, 4.69) is 31.1 Å². The van der Waals surface area contributed by atoms with Crippen LogP contribution in [0.25, 0.3) is 0 Å². The molecule has 0 spiro atoms. The van der Waals surface area contributed by atoms with Gasteiger partial charge >= 0.3 is 10.3 Å². The fourth-order valence-electron chi connectivity index (χ4n) is 4.21. The van der Waals surface area contributed by atoms with Gasteiger partial charge in [-0.25, -0.2) is 23.5 Å². The number of aromatic nitrogens is 4. The van der Waals surface area contributed by atoms with E-state index < -0.39 is 56.7 Å². The van der Waals surface area contributed by atoms with Crippen LogP contribution in [0, 0.1) is 5.92 Å². The van der Waals surface area contributed by atoms with Crippen molar-refractivity contribution in [2.45, 2.75) is 36.1 Å². The van der Waals surface area contributed by atoms with Crippen LogP contribution < -0.4 is 10.5 Å². The van der Waals surface area contributed by atoms with Crippen LogP contribution >= 0.6 is 0 Å². The first-order valence-corrected chi connectivity index (χ1v) is 14.5. The van der Waals surface area contributed by atoms with Crippen molar-refractivity contribution in [1.29, 1.82) is 0 Å². The molecule has 0 saturated heterocycles. The van der Waals surface area contributed by atoms with Crippen molar-refractivity contribution in [3.05, 3.63) is 77.9 Å². The molecule has 4 rings (SSSR count). The Kier molecular flexibility index (Phi) is 8.24. The minimum atomic E-state index is -4.22. The second-order valence-corrected chi connectivity index (χ2v) is 12.0. The van der Waals surface area contributed by atoms with E-state index in [9.17, 15) is 31.8 Å². The van der Waals surface area contributed by atoms with Gasteiger partial charge in [0.15, 0.2) is 9.84 Å². The van der Waals surface area contributed by atoms with E-state index in [1.54, 1.807) is 18.3 Å². The van der Waals surface area contributed by atoms with Gasteiger partial charge in [0, 0.05) is 23.7 Å². The van der Waals surface area contributed by atoms with Gasteiger partial charge in [0.1, 0.15) is 23.9 Å². The first-order chi connectivity index (χ1) is 18.4. The van der Waals surface area contributed by atoms with Crippen LogP contribution in [-0.4, -0.2) is 77.4 Å². The molecule has 16 heteroatoms. The van der Waals surface area contributed by atoms with Crippen molar-refractivity contribution in [2.75, 3.05) is 11.9 Å². The van der Waals surface area contributed by atoms with Crippen molar-refractivity contribution in [3.8, 4) is 0 Å². The molecular formula is C23H26N6O8S2. The lowest BCUT2D eigenvalue weighted by atomic mass is 10.1. The lowest BCUT2D eigenvalue weighted by Gasteiger charge is -2.19. The first-order valence-electron chi connectivity index (χ1n) is 11.5. The van der Waals surface area contributed by atoms with Crippen molar-refractivity contribution in [3.63, 3.8) is 0 Å². The molecule has 14 nitrogen and oxygen atoms in total. The number of aliphatic hydroxyl groups is 2. The number of sulfone groups is 1. The maximum absolute atomic E-state index is 13.3. The summed E-state index contributed by atoms with van der Waals surface area (Å²) in [5.41, 5.74) is 0.752. The van der Waals surface area contributed by atoms with Crippen LogP contribution in [0.4, 0.5) is 5.82 Å². The van der Waals surface area contributed by atoms with E-state index in [0.29, 0.717) is 5.56 Å². The van der Waals surface area contributed by atoms with E-state index >= 15 is 0 Å². The summed E-state index contributed by atoms with van der Waals surface area (Å²) in [5.74, 6) is -1.19. The molecule has 0 aliphatic heterocycles. The molecule has 5 N–H and O–H groups in total. The van der Waals surface area contributed by atoms with Crippen LogP contribution in [0.3, 0.4) is 0 Å². The minimum Gasteiger partial charge on any atom is -0.390 e. The number of hydrogen-bond donors (Lipinski definition) is 4. The predicted octanol–water partition coefficient (Wildman–Crippen LogP) is -0.388. The van der Waals surface area contributed by atoms with Crippen LogP contribution in [0.15, 0.2) is 65.9 Å². The van der Waals surface area contributed by atoms with Gasteiger partial charge in [0.05, 0.1) is 35.8 Å². The van der Waals surface area contributed by atoms with Gasteiger partial charge < -0.3 is 15.5 Å². The monoisotopic (exact) mass is 578 g/mol. The molecule has 1 fully saturated rings. The molecular weight excluding hydrogens is 552 g/mol. The number of benzene rings is 1. The van der Waals surface area contributed by atoms with Crippen LogP contribution in [0.5, 0.6) is 0 Å². The summed E-state index contributed by atoms with van der Waals surface area (Å²) in [5, 5.41) is 33.7. The molecule has 1 aliphatic carbocycles. The highest BCUT2D eigenvalue weighted by Crippen LogP contribution is 2.30. The van der Waals surface area contributed by atoms with E-state index in [1.807, 2.05) is 0 Å². The van der Waals surface area contributed by atoms with Crippen molar-refractivity contribution in [2.24, 2.45) is 11.1 Å². The Morgan fingerprint density at radius 3 is 2.72 bits per heavy atom. The summed E-state index contributed by atoms with van der Waals surface area (Å²) in [6.45, 7) is 3.09. The number of carbonyl (C=O) groups excluding carboxylic acids is 1. The zero-order valence-corrected chi connectivity index (χ0v) is 22.0. The number of ketones is 1. The third-order valence-electron chi connectivity index (χ3n) is 6.19. The van der Waals surface area contributed by atoms with Gasteiger partial charge in [-0.2, -0.15) is 13.5 Å². The highest BCUT2D eigenvalue weighted by molar-refractivity contribution is 7.94. The number of aliphatic hydroxyl groups excluding tert-OH is 2. The highest BCUT2D eigenvalue weighted by atomic mass is 32.2. The first kappa shape index (κ1) is 28.5. The van der Waals surface area contributed by atoms with Gasteiger partial charge in [-0.05, 0) is 30.2 Å². The maximum Gasteiger partial charge on any atom is 0.333 e. The van der Waals surface area contributed by atoms with E-state index in [4.69, 9.17) is 5.14 Å². The molecule has 2 aromatic heterocycles. The van der Waals surface area contributed by atoms with E-state index in [1.165, 1.54) is 35.4 Å². The zero-order chi connectivity index (χ0) is 28.4. The Labute approximate surface area is 224 Å². The number of nitrogens with two attached hydrogens (primary N) is 1. The Morgan fingerprint density at radius 2 is 2.00 bits per heavy atom. The van der Waals surface area contributed by atoms with Crippen molar-refractivity contribution in [1.82, 2.24) is 19.7 Å². The summed E-state index contributed by atoms with van der Waals surface area (Å²) in [6, 6.07) is 6.97. The SMILES string of the molecule is C=CS(=O)(=O)c1cccc(Cn2ccc(C(=O)c3cncnc3N[C@@H]3C[C@H](COS(N)(=O)=O)[C@@H](O)[C@H]3O)n2)c1. The smallest absolute Gasteiger partial charge is 0.333 e. The van der Waals surface area contributed by atoms with Crippen LogP contribution in [0.2, 0.25) is 0 Å². The molecule has 1 saturated carbocycles. The van der Waals surface area contributed by atoms with Gasteiger partial charge in [-0.15, -0.1) is 0 Å². The van der Waals surface area contributed by atoms with Gasteiger partial charge in [0.25, 0.3) is 0 Å². The largest absolute Gasteiger partial charge is 0.390 e. The Balaban J connectivity index is 1.49. The van der Waals surface area contributed by atoms with Crippen molar-refractivity contribution >= 4 is 31.7 Å². The van der Waals surface area contributed by atoms with Crippen molar-refractivity contribution < 1.29 is 36.0 Å². The molecule has 3 aromatic rings. The Morgan fingerprint density at radius 1 is 1.23 bits per heavy atom. The number of rotatable bonds is 11. The topological polar surface area (TPSA) is 217 Å². The fourth-order valence-corrected chi connectivity index (χ4v) is 5.36. The summed E-state index contributed by atoms with van der Waals surface area (Å²) in [6.07, 6.45) is 1.52. The summed E-state index contributed by atoms with van der Waals surface area (Å²) in [7, 11) is -7.83. The predicted molar refractivity (Wildman–Crippen MR) is 137 cm³/mol. The average molecular weight is 579 g/mol. The molecule has 0 bridgehead atoms. The normalized spacial score (nSPS) is 21.5. The summed E-state index contributed by atoms with van der Waals surface area (Å²) in [4.78, 5) is 21.3. The standard InChI is InChI=1S/C23H26N6O8S2/c1-2-38(33,34)16-5-3-4-14(8-16)11-29-7-6-18(28-29)21(31)17-10-25-13-26-23(17)27-19-9-15(20(30)22(19)32)12-37-39(24,35)36/h2-8,10,13,15,19-20,22,30,32H,1,9,11-12H2,(H2,24,35,36)(H,25,26,27)/t15-,19-,20-,22+/m1/s1. The maximum atomic E-state index is 13.3. The zero-order valence-electron chi connectivity index (χ0n) is 20.4. The lowest BCUT2D eigenvalue weighted by molar-refractivity contribution is 0.00778. The summed E-state index contributed by atoms with van der Waals surface area (Å²) < 4.78 is 52.3. The number of hydrogen-bond acceptors (Lipinski definition) is 12. The van der Waals surface area contributed by atoms with Crippen LogP contribution in [0.1, 0.15) is 28.0 Å². The molecule has 0 amide bonds. The van der Waals surface area contributed by atoms with Gasteiger partial charge in [-0.1, -0.05) is 18.7 Å². The van der Waals surface area contributed by atoms with Gasteiger partial charge in [-0.3, -0.25) is 13.7 Å². The quantitative estimate of drug-likeness (QED) is 0.214. The second kappa shape index (κ2) is 11.3. The summed E-state index contributed by atoms with van der Waals surface area (Å²) >= 11 is 0. The third kappa shape index (κ3) is 6.73. The molecule has 39 heavy (non-hydrogen) atoms. The molecule has 0 radical (unpaired) electrons. The molecule has 4 atom stereocenters. The number of nitrogens with zero attached hydrogens (tertiary/aromatic N) is 4. The minimum absolute atomic E-state index is 0.0488. The second-order valence-electron chi connectivity index (χ2n) is 8.88. The molecule has 1 aromatic carbocycles. The number of carbonyl (C=O) groups is 1. The van der Waals surface area contributed by atoms with Crippen LogP contribution in [-0.2, 0) is 30.9 Å². The molecule has 0 unspecified atom stereocenters. The van der Waals surface area contributed by atoms with Gasteiger partial charge in [0.2, 0.25) is 5.78 Å². The third-order valence-corrected chi connectivity index (χ3v) is 8.01.